The maximum absolute atomic E-state index is 12.7. The van der Waals surface area contributed by atoms with Crippen molar-refractivity contribution in [3.8, 4) is 0 Å². The van der Waals surface area contributed by atoms with Crippen LogP contribution in [0, 0.1) is 6.92 Å². The van der Waals surface area contributed by atoms with Crippen LogP contribution in [0.25, 0.3) is 0 Å². The zero-order chi connectivity index (χ0) is 17.9. The molecule has 8 nitrogen and oxygen atoms in total. The molecular weight excluding hydrogens is 334 g/mol. The van der Waals surface area contributed by atoms with Crippen LogP contribution in [0.5, 0.6) is 0 Å². The van der Waals surface area contributed by atoms with Gasteiger partial charge >= 0.3 is 0 Å². The fourth-order valence-corrected chi connectivity index (χ4v) is 3.62. The summed E-state index contributed by atoms with van der Waals surface area (Å²) in [4.78, 5) is 15.0. The van der Waals surface area contributed by atoms with Crippen LogP contribution in [-0.2, 0) is 17.7 Å². The van der Waals surface area contributed by atoms with E-state index in [1.165, 1.54) is 0 Å². The summed E-state index contributed by atoms with van der Waals surface area (Å²) in [5.41, 5.74) is 2.52. The summed E-state index contributed by atoms with van der Waals surface area (Å²) in [6, 6.07) is 3.94. The highest BCUT2D eigenvalue weighted by Crippen LogP contribution is 2.23. The molecule has 8 heteroatoms. The lowest BCUT2D eigenvalue weighted by Crippen LogP contribution is -2.44. The van der Waals surface area contributed by atoms with Gasteiger partial charge in [-0.15, -0.1) is 0 Å². The first-order chi connectivity index (χ1) is 12.7. The first-order valence-corrected chi connectivity index (χ1v) is 9.15. The zero-order valence-electron chi connectivity index (χ0n) is 15.0. The molecule has 4 heterocycles. The number of fused-ring (bicyclic) bond motifs is 1. The van der Waals surface area contributed by atoms with Crippen LogP contribution in [0.1, 0.15) is 39.3 Å². The molecule has 0 spiro atoms. The van der Waals surface area contributed by atoms with Gasteiger partial charge < -0.3 is 19.8 Å². The van der Waals surface area contributed by atoms with E-state index in [2.05, 4.69) is 25.7 Å². The Bertz CT molecular complexity index is 763. The van der Waals surface area contributed by atoms with E-state index >= 15 is 0 Å². The lowest BCUT2D eigenvalue weighted by molar-refractivity contribution is 0.0116. The third kappa shape index (κ3) is 3.53. The van der Waals surface area contributed by atoms with Gasteiger partial charge in [0.2, 0.25) is 0 Å². The Morgan fingerprint density at radius 3 is 3.00 bits per heavy atom. The number of furan rings is 1. The number of hydrogen-bond acceptors (Lipinski definition) is 6. The number of carbonyl (C=O) groups is 1. The van der Waals surface area contributed by atoms with Crippen LogP contribution in [-0.4, -0.2) is 60.4 Å². The maximum Gasteiger partial charge on any atom is 0.272 e. The molecular formula is C18H25N5O3. The Hall–Kier alpha value is -2.16. The van der Waals surface area contributed by atoms with Gasteiger partial charge in [-0.05, 0) is 19.1 Å². The number of amides is 1. The maximum atomic E-state index is 12.7. The third-order valence-corrected chi connectivity index (χ3v) is 5.05. The quantitative estimate of drug-likeness (QED) is 0.730. The van der Waals surface area contributed by atoms with Gasteiger partial charge in [-0.1, -0.05) is 0 Å². The number of aryl methyl sites for hydroxylation is 1. The highest BCUT2D eigenvalue weighted by molar-refractivity contribution is 5.94. The number of aromatic nitrogens is 2. The van der Waals surface area contributed by atoms with Crippen molar-refractivity contribution in [1.82, 2.24) is 25.7 Å². The second kappa shape index (κ2) is 7.61. The summed E-state index contributed by atoms with van der Waals surface area (Å²) in [6.45, 7) is 7.03. The average molecular weight is 359 g/mol. The van der Waals surface area contributed by atoms with Crippen LogP contribution in [0.4, 0.5) is 0 Å². The Morgan fingerprint density at radius 2 is 2.23 bits per heavy atom. The highest BCUT2D eigenvalue weighted by Gasteiger charge is 2.27. The number of carbonyl (C=O) groups excluding carboxylic acids is 1. The summed E-state index contributed by atoms with van der Waals surface area (Å²) in [5, 5.41) is 13.6. The summed E-state index contributed by atoms with van der Waals surface area (Å²) < 4.78 is 11.3. The predicted molar refractivity (Wildman–Crippen MR) is 94.9 cm³/mol. The molecule has 1 amide bonds. The van der Waals surface area contributed by atoms with E-state index in [9.17, 15) is 4.79 Å². The van der Waals surface area contributed by atoms with Crippen LogP contribution < -0.4 is 10.6 Å². The minimum absolute atomic E-state index is 0.00977. The van der Waals surface area contributed by atoms with Crippen molar-refractivity contribution in [1.29, 1.82) is 0 Å². The zero-order valence-corrected chi connectivity index (χ0v) is 15.0. The van der Waals surface area contributed by atoms with E-state index in [0.29, 0.717) is 32.0 Å². The van der Waals surface area contributed by atoms with Crippen LogP contribution in [0.3, 0.4) is 0 Å². The smallest absolute Gasteiger partial charge is 0.272 e. The van der Waals surface area contributed by atoms with E-state index in [1.54, 1.807) is 0 Å². The van der Waals surface area contributed by atoms with E-state index in [1.807, 2.05) is 19.1 Å². The molecule has 3 N–H and O–H groups in total. The molecule has 140 valence electrons. The van der Waals surface area contributed by atoms with Gasteiger partial charge in [0.25, 0.3) is 5.91 Å². The Labute approximate surface area is 152 Å². The lowest BCUT2D eigenvalue weighted by Gasteiger charge is -2.33. The summed E-state index contributed by atoms with van der Waals surface area (Å²) in [7, 11) is 0. The molecule has 0 bridgehead atoms. The molecule has 2 aromatic rings. The van der Waals surface area contributed by atoms with Crippen molar-refractivity contribution < 1.29 is 13.9 Å². The molecule has 1 fully saturated rings. The van der Waals surface area contributed by atoms with Crippen molar-refractivity contribution in [3.05, 3.63) is 40.6 Å². The van der Waals surface area contributed by atoms with Gasteiger partial charge in [0.1, 0.15) is 11.5 Å². The Kier molecular flexibility index (Phi) is 5.05. The number of nitrogens with one attached hydrogen (secondary N) is 3. The molecule has 1 atom stereocenters. The van der Waals surface area contributed by atoms with Crippen LogP contribution in [0.15, 0.2) is 16.5 Å². The number of ether oxygens (including phenoxy) is 1. The second-order valence-electron chi connectivity index (χ2n) is 6.78. The molecule has 0 aromatic carbocycles. The van der Waals surface area contributed by atoms with Crippen LogP contribution in [0.2, 0.25) is 0 Å². The number of nitrogens with zero attached hydrogens (tertiary/aromatic N) is 2. The minimum Gasteiger partial charge on any atom is -0.465 e. The Balaban J connectivity index is 1.47. The van der Waals surface area contributed by atoms with Crippen molar-refractivity contribution in [2.75, 3.05) is 39.4 Å². The van der Waals surface area contributed by atoms with E-state index in [-0.39, 0.29) is 11.9 Å². The van der Waals surface area contributed by atoms with Crippen molar-refractivity contribution in [3.63, 3.8) is 0 Å². The van der Waals surface area contributed by atoms with E-state index in [4.69, 9.17) is 9.15 Å². The fraction of sp³-hybridized carbons (Fsp3) is 0.556. The molecule has 1 saturated heterocycles. The summed E-state index contributed by atoms with van der Waals surface area (Å²) in [6.07, 6.45) is 0.873. The molecule has 0 aliphatic carbocycles. The topological polar surface area (TPSA) is 95.4 Å². The Morgan fingerprint density at radius 1 is 1.38 bits per heavy atom. The second-order valence-corrected chi connectivity index (χ2v) is 6.78. The first kappa shape index (κ1) is 17.3. The molecule has 2 aromatic heterocycles. The third-order valence-electron chi connectivity index (χ3n) is 5.05. The number of aromatic amines is 1. The molecule has 2 aliphatic rings. The molecule has 26 heavy (non-hydrogen) atoms. The van der Waals surface area contributed by atoms with Gasteiger partial charge in [0, 0.05) is 50.4 Å². The van der Waals surface area contributed by atoms with E-state index < -0.39 is 0 Å². The number of hydrogen-bond donors (Lipinski definition) is 3. The molecule has 0 radical (unpaired) electrons. The molecule has 2 aliphatic heterocycles. The monoisotopic (exact) mass is 359 g/mol. The molecule has 1 unspecified atom stereocenters. The first-order valence-electron chi connectivity index (χ1n) is 9.15. The summed E-state index contributed by atoms with van der Waals surface area (Å²) >= 11 is 0. The minimum atomic E-state index is -0.146. The van der Waals surface area contributed by atoms with Crippen molar-refractivity contribution in [2.24, 2.45) is 0 Å². The van der Waals surface area contributed by atoms with Gasteiger partial charge in [0.15, 0.2) is 5.69 Å². The van der Waals surface area contributed by atoms with Gasteiger partial charge in [-0.3, -0.25) is 14.8 Å². The standard InChI is InChI=1S/C18H25N5O3/c1-12-2-3-16(26-12)15(23-6-8-25-9-7-23)11-20-18(24)17-13-10-19-5-4-14(13)21-22-17/h2-3,15,19H,4-11H2,1H3,(H,20,24)(H,21,22). The fourth-order valence-electron chi connectivity index (χ4n) is 3.62. The van der Waals surface area contributed by atoms with Gasteiger partial charge in [-0.25, -0.2) is 0 Å². The normalized spacial score (nSPS) is 19.1. The summed E-state index contributed by atoms with van der Waals surface area (Å²) in [5.74, 6) is 1.60. The SMILES string of the molecule is Cc1ccc(C(CNC(=O)c2n[nH]c3c2CNCC3)N2CCOCC2)o1. The van der Waals surface area contributed by atoms with Crippen molar-refractivity contribution >= 4 is 5.91 Å². The number of H-pyrrole nitrogens is 1. The number of morpholine rings is 1. The largest absolute Gasteiger partial charge is 0.465 e. The molecule has 0 saturated carbocycles. The number of rotatable bonds is 5. The highest BCUT2D eigenvalue weighted by atomic mass is 16.5. The average Bonchev–Trinajstić information content (AvgIpc) is 3.29. The van der Waals surface area contributed by atoms with E-state index in [0.717, 1.165) is 48.8 Å². The molecule has 4 rings (SSSR count). The van der Waals surface area contributed by atoms with Crippen molar-refractivity contribution in [2.45, 2.75) is 25.9 Å². The van der Waals surface area contributed by atoms with Gasteiger partial charge in [0.05, 0.1) is 19.3 Å². The van der Waals surface area contributed by atoms with Gasteiger partial charge in [-0.2, -0.15) is 5.10 Å². The van der Waals surface area contributed by atoms with Crippen LogP contribution >= 0.6 is 0 Å². The lowest BCUT2D eigenvalue weighted by atomic mass is 10.1. The predicted octanol–water partition coefficient (Wildman–Crippen LogP) is 0.760.